The molecule has 0 amide bonds. The maximum absolute atomic E-state index is 5.25. The van der Waals surface area contributed by atoms with Crippen molar-refractivity contribution < 1.29 is 4.74 Å². The fraction of sp³-hybridized carbons (Fsp3) is 0.417. The van der Waals surface area contributed by atoms with Gasteiger partial charge < -0.3 is 10.1 Å². The highest BCUT2D eigenvalue weighted by molar-refractivity contribution is 5.80. The maximum Gasteiger partial charge on any atom is 0.121 e. The maximum atomic E-state index is 5.25. The quantitative estimate of drug-likeness (QED) is 0.830. The molecule has 1 atom stereocenters. The first-order chi connectivity index (χ1) is 7.88. The van der Waals surface area contributed by atoms with E-state index in [0.717, 1.165) is 30.8 Å². The van der Waals surface area contributed by atoms with Crippen LogP contribution in [0.25, 0.3) is 10.9 Å². The summed E-state index contributed by atoms with van der Waals surface area (Å²) < 4.78 is 7.36. The molecular weight excluding hydrogens is 202 g/mol. The van der Waals surface area contributed by atoms with Gasteiger partial charge in [0.1, 0.15) is 5.75 Å². The van der Waals surface area contributed by atoms with Gasteiger partial charge in [0, 0.05) is 18.0 Å². The summed E-state index contributed by atoms with van der Waals surface area (Å²) >= 11 is 0. The number of benzene rings is 1. The van der Waals surface area contributed by atoms with Gasteiger partial charge in [-0.1, -0.05) is 0 Å². The summed E-state index contributed by atoms with van der Waals surface area (Å²) in [6, 6.07) is 6.56. The molecule has 1 unspecified atom stereocenters. The van der Waals surface area contributed by atoms with Crippen LogP contribution in [0.5, 0.6) is 5.75 Å². The van der Waals surface area contributed by atoms with Crippen LogP contribution in [0.4, 0.5) is 0 Å². The van der Waals surface area contributed by atoms with Crippen LogP contribution in [0.1, 0.15) is 12.5 Å². The van der Waals surface area contributed by atoms with E-state index in [-0.39, 0.29) is 0 Å². The van der Waals surface area contributed by atoms with Gasteiger partial charge in [0.25, 0.3) is 0 Å². The van der Waals surface area contributed by atoms with E-state index in [1.54, 1.807) is 7.11 Å². The molecule has 16 heavy (non-hydrogen) atoms. The van der Waals surface area contributed by atoms with Gasteiger partial charge in [0.15, 0.2) is 0 Å². The number of hydrogen-bond donors (Lipinski definition) is 1. The lowest BCUT2D eigenvalue weighted by atomic mass is 10.2. The molecule has 1 aromatic carbocycles. The molecule has 3 rings (SSSR count). The van der Waals surface area contributed by atoms with Crippen molar-refractivity contribution in [1.29, 1.82) is 0 Å². The van der Waals surface area contributed by atoms with Gasteiger partial charge in [-0.3, -0.25) is 4.68 Å². The minimum atomic E-state index is 0.476. The van der Waals surface area contributed by atoms with Gasteiger partial charge >= 0.3 is 0 Å². The fourth-order valence-electron chi connectivity index (χ4n) is 2.28. The van der Waals surface area contributed by atoms with E-state index >= 15 is 0 Å². The second-order valence-electron chi connectivity index (χ2n) is 4.16. The zero-order chi connectivity index (χ0) is 11.0. The summed E-state index contributed by atoms with van der Waals surface area (Å²) in [7, 11) is 1.69. The number of methoxy groups -OCH3 is 1. The summed E-state index contributed by atoms with van der Waals surface area (Å²) in [4.78, 5) is 0. The van der Waals surface area contributed by atoms with E-state index in [4.69, 9.17) is 4.74 Å². The van der Waals surface area contributed by atoms with Crippen molar-refractivity contribution >= 4 is 10.9 Å². The van der Waals surface area contributed by atoms with Crippen molar-refractivity contribution in [1.82, 2.24) is 15.1 Å². The lowest BCUT2D eigenvalue weighted by molar-refractivity contribution is 0.414. The second-order valence-corrected chi connectivity index (χ2v) is 4.16. The first kappa shape index (κ1) is 9.66. The topological polar surface area (TPSA) is 39.1 Å². The second kappa shape index (κ2) is 3.79. The smallest absolute Gasteiger partial charge is 0.121 e. The van der Waals surface area contributed by atoms with Crippen molar-refractivity contribution in [3.63, 3.8) is 0 Å². The number of nitrogens with one attached hydrogen (secondary N) is 1. The summed E-state index contributed by atoms with van der Waals surface area (Å²) in [5.41, 5.74) is 1.16. The third kappa shape index (κ3) is 1.46. The van der Waals surface area contributed by atoms with Gasteiger partial charge in [-0.25, -0.2) is 0 Å². The van der Waals surface area contributed by atoms with Crippen LogP contribution >= 0.6 is 0 Å². The van der Waals surface area contributed by atoms with E-state index in [0.29, 0.717) is 6.04 Å². The fourth-order valence-corrected chi connectivity index (χ4v) is 2.28. The Kier molecular flexibility index (Phi) is 2.29. The lowest BCUT2D eigenvalue weighted by Gasteiger charge is -2.10. The van der Waals surface area contributed by atoms with Crippen LogP contribution < -0.4 is 10.1 Å². The van der Waals surface area contributed by atoms with Crippen LogP contribution in [0.15, 0.2) is 24.4 Å². The van der Waals surface area contributed by atoms with Crippen LogP contribution in [0.3, 0.4) is 0 Å². The Morgan fingerprint density at radius 2 is 2.44 bits per heavy atom. The van der Waals surface area contributed by atoms with Crippen LogP contribution in [0, 0.1) is 0 Å². The highest BCUT2D eigenvalue weighted by Gasteiger charge is 2.18. The summed E-state index contributed by atoms with van der Waals surface area (Å²) in [5, 5.41) is 9.01. The molecule has 2 aromatic rings. The van der Waals surface area contributed by atoms with Gasteiger partial charge in [0.05, 0.1) is 24.9 Å². The van der Waals surface area contributed by atoms with Crippen molar-refractivity contribution in [2.24, 2.45) is 0 Å². The Morgan fingerprint density at radius 1 is 1.50 bits per heavy atom. The first-order valence-electron chi connectivity index (χ1n) is 5.60. The van der Waals surface area contributed by atoms with Crippen molar-refractivity contribution in [3.8, 4) is 5.75 Å². The molecule has 0 saturated carbocycles. The van der Waals surface area contributed by atoms with Crippen LogP contribution in [-0.4, -0.2) is 30.0 Å². The molecule has 0 spiro atoms. The van der Waals surface area contributed by atoms with Crippen LogP contribution in [-0.2, 0) is 0 Å². The number of nitrogens with zero attached hydrogens (tertiary/aromatic N) is 2. The minimum absolute atomic E-state index is 0.476. The minimum Gasteiger partial charge on any atom is -0.497 e. The average molecular weight is 217 g/mol. The van der Waals surface area contributed by atoms with Gasteiger partial charge in [-0.2, -0.15) is 5.10 Å². The number of rotatable bonds is 2. The van der Waals surface area contributed by atoms with E-state index in [1.807, 2.05) is 12.3 Å². The van der Waals surface area contributed by atoms with E-state index in [1.165, 1.54) is 5.39 Å². The molecule has 0 aliphatic carbocycles. The Labute approximate surface area is 94.2 Å². The molecule has 1 aromatic heterocycles. The summed E-state index contributed by atoms with van der Waals surface area (Å²) in [5.74, 6) is 0.889. The molecule has 2 heterocycles. The van der Waals surface area contributed by atoms with Crippen molar-refractivity contribution in [2.45, 2.75) is 12.5 Å². The third-order valence-electron chi connectivity index (χ3n) is 3.19. The normalized spacial score (nSPS) is 20.4. The highest BCUT2D eigenvalue weighted by Crippen LogP contribution is 2.25. The lowest BCUT2D eigenvalue weighted by Crippen LogP contribution is -2.14. The molecule has 1 fully saturated rings. The molecular formula is C12H15N3O. The molecule has 4 nitrogen and oxygen atoms in total. The predicted molar refractivity (Wildman–Crippen MR) is 62.8 cm³/mol. The molecule has 0 radical (unpaired) electrons. The molecule has 1 saturated heterocycles. The molecule has 1 N–H and O–H groups in total. The van der Waals surface area contributed by atoms with Gasteiger partial charge in [-0.05, 0) is 25.1 Å². The Bertz CT molecular complexity index is 500. The average Bonchev–Trinajstić information content (AvgIpc) is 2.96. The van der Waals surface area contributed by atoms with Crippen molar-refractivity contribution in [2.75, 3.05) is 20.2 Å². The molecule has 4 heteroatoms. The molecule has 84 valence electrons. The Balaban J connectivity index is 2.09. The standard InChI is InChI=1S/C12H15N3O/c1-16-11-3-2-9-7-14-15(12(9)6-11)10-4-5-13-8-10/h2-3,6-7,10,13H,4-5,8H2,1H3. The number of aromatic nitrogens is 2. The highest BCUT2D eigenvalue weighted by atomic mass is 16.5. The molecule has 1 aliphatic rings. The number of ether oxygens (including phenoxy) is 1. The number of hydrogen-bond acceptors (Lipinski definition) is 3. The summed E-state index contributed by atoms with van der Waals surface area (Å²) in [6.07, 6.45) is 3.07. The predicted octanol–water partition coefficient (Wildman–Crippen LogP) is 1.58. The van der Waals surface area contributed by atoms with E-state index < -0.39 is 0 Å². The Morgan fingerprint density at radius 3 is 3.19 bits per heavy atom. The molecule has 1 aliphatic heterocycles. The van der Waals surface area contributed by atoms with E-state index in [2.05, 4.69) is 27.2 Å². The summed E-state index contributed by atoms with van der Waals surface area (Å²) in [6.45, 7) is 2.09. The monoisotopic (exact) mass is 217 g/mol. The largest absolute Gasteiger partial charge is 0.497 e. The van der Waals surface area contributed by atoms with Crippen molar-refractivity contribution in [3.05, 3.63) is 24.4 Å². The zero-order valence-electron chi connectivity index (χ0n) is 9.31. The number of fused-ring (bicyclic) bond motifs is 1. The zero-order valence-corrected chi connectivity index (χ0v) is 9.31. The van der Waals surface area contributed by atoms with Gasteiger partial charge in [0.2, 0.25) is 0 Å². The third-order valence-corrected chi connectivity index (χ3v) is 3.19. The van der Waals surface area contributed by atoms with Crippen LogP contribution in [0.2, 0.25) is 0 Å². The van der Waals surface area contributed by atoms with E-state index in [9.17, 15) is 0 Å². The SMILES string of the molecule is COc1ccc2cnn(C3CCNC3)c2c1. The Hall–Kier alpha value is -1.55. The molecule has 0 bridgehead atoms. The first-order valence-corrected chi connectivity index (χ1v) is 5.60. The van der Waals surface area contributed by atoms with Gasteiger partial charge in [-0.15, -0.1) is 0 Å².